The molecule has 7 heterocycles. The Labute approximate surface area is 376 Å². The van der Waals surface area contributed by atoms with E-state index in [2.05, 4.69) is 29.7 Å². The van der Waals surface area contributed by atoms with Crippen molar-refractivity contribution in [3.05, 3.63) is 75.6 Å². The van der Waals surface area contributed by atoms with Crippen molar-refractivity contribution in [2.45, 2.75) is 95.8 Å². The van der Waals surface area contributed by atoms with Crippen molar-refractivity contribution in [2.75, 3.05) is 64.4 Å². The van der Waals surface area contributed by atoms with E-state index in [0.717, 1.165) is 92.2 Å². The molecular formula is C47H56F2N10O6. The van der Waals surface area contributed by atoms with Gasteiger partial charge in [-0.2, -0.15) is 5.10 Å². The number of imide groups is 2. The van der Waals surface area contributed by atoms with Crippen LogP contribution in [0.3, 0.4) is 0 Å². The molecule has 6 aliphatic rings. The number of likely N-dealkylation sites (tertiary alicyclic amines) is 2. The number of aromatic nitrogens is 2. The molecule has 16 nitrogen and oxygen atoms in total. The largest absolute Gasteiger partial charge is 0.491 e. The first-order valence-electron chi connectivity index (χ1n) is 22.8. The summed E-state index contributed by atoms with van der Waals surface area (Å²) in [6.45, 7) is 7.85. The van der Waals surface area contributed by atoms with E-state index in [1.165, 1.54) is 12.4 Å². The third-order valence-electron chi connectivity index (χ3n) is 14.1. The van der Waals surface area contributed by atoms with E-state index in [4.69, 9.17) is 15.6 Å². The maximum Gasteiger partial charge on any atom is 0.266 e. The van der Waals surface area contributed by atoms with Gasteiger partial charge >= 0.3 is 0 Å². The van der Waals surface area contributed by atoms with Gasteiger partial charge in [-0.1, -0.05) is 6.07 Å². The van der Waals surface area contributed by atoms with Gasteiger partial charge in [0.05, 0.1) is 23.7 Å². The molecular weight excluding hydrogens is 839 g/mol. The van der Waals surface area contributed by atoms with Gasteiger partial charge in [-0.25, -0.2) is 8.78 Å². The molecule has 6 aliphatic heterocycles. The number of nitrogens with zero attached hydrogens (tertiary/aromatic N) is 8. The number of rotatable bonds is 11. The lowest BCUT2D eigenvalue weighted by Gasteiger charge is -2.42. The van der Waals surface area contributed by atoms with Crippen molar-refractivity contribution in [2.24, 2.45) is 10.7 Å². The molecule has 0 spiro atoms. The minimum absolute atomic E-state index is 0.00257. The molecule has 0 aliphatic carbocycles. The van der Waals surface area contributed by atoms with Crippen LogP contribution in [-0.4, -0.2) is 137 Å². The minimum Gasteiger partial charge on any atom is -0.491 e. The van der Waals surface area contributed by atoms with E-state index < -0.39 is 36.1 Å². The van der Waals surface area contributed by atoms with Crippen LogP contribution in [0, 0.1) is 0 Å². The second-order valence-electron chi connectivity index (χ2n) is 17.8. The number of aryl methyl sites for hydroxylation is 1. The molecule has 344 valence electrons. The van der Waals surface area contributed by atoms with E-state index in [1.807, 2.05) is 11.0 Å². The Bertz CT molecular complexity index is 2450. The standard InChI is InChI=1S/C47H56F2N10O6/c1-28(60)56-20-14-37-36(27-56)44(57-15-4-5-29-23-34(30(25-50)26-51-2)35(43(48)49)24-39(29)57)53-59(37)32-12-18-55(19-13-32)31-10-16-54(17-11-31)21-22-65-40-7-3-6-33-42(40)47(64)58(46(33)63)38-8-9-41(61)52-45(38)62/h3,6-7,23-26,31-32,38,43H,4-5,8-22,27,50H2,1-2H3,(H,52,61,62)/b30-25+,51-26?. The molecule has 0 bridgehead atoms. The molecule has 1 unspecified atom stereocenters. The number of piperidine rings is 3. The highest BCUT2D eigenvalue weighted by Crippen LogP contribution is 2.43. The molecule has 1 aromatic heterocycles. The fourth-order valence-corrected chi connectivity index (χ4v) is 10.7. The number of carbonyl (C=O) groups is 5. The highest BCUT2D eigenvalue weighted by molar-refractivity contribution is 6.24. The van der Waals surface area contributed by atoms with Crippen LogP contribution in [0.15, 0.2) is 41.5 Å². The fraction of sp³-hybridized carbons (Fsp3) is 0.511. The van der Waals surface area contributed by atoms with Crippen LogP contribution in [-0.2, 0) is 33.8 Å². The minimum atomic E-state index is -2.73. The van der Waals surface area contributed by atoms with Gasteiger partial charge in [0, 0.05) is 106 Å². The first-order chi connectivity index (χ1) is 31.4. The average Bonchev–Trinajstić information content (AvgIpc) is 3.81. The summed E-state index contributed by atoms with van der Waals surface area (Å²) < 4.78 is 37.7. The number of allylic oxidation sites excluding steroid dienone is 1. The number of halogens is 2. The van der Waals surface area contributed by atoms with Gasteiger partial charge in [0.25, 0.3) is 18.2 Å². The summed E-state index contributed by atoms with van der Waals surface area (Å²) in [6.07, 6.45) is 6.32. The second-order valence-corrected chi connectivity index (χ2v) is 17.8. The number of benzene rings is 2. The van der Waals surface area contributed by atoms with Crippen molar-refractivity contribution < 1.29 is 37.5 Å². The lowest BCUT2D eigenvalue weighted by atomic mass is 9.92. The number of carbonyl (C=O) groups excluding carboxylic acids is 5. The van der Waals surface area contributed by atoms with Crippen molar-refractivity contribution in [1.29, 1.82) is 0 Å². The number of hydrogen-bond donors (Lipinski definition) is 2. The number of nitrogens with one attached hydrogen (secondary N) is 1. The maximum atomic E-state index is 14.7. The third kappa shape index (κ3) is 8.41. The van der Waals surface area contributed by atoms with Crippen LogP contribution < -0.4 is 20.7 Å². The first-order valence-corrected chi connectivity index (χ1v) is 22.8. The van der Waals surface area contributed by atoms with E-state index >= 15 is 0 Å². The molecule has 18 heteroatoms. The van der Waals surface area contributed by atoms with Gasteiger partial charge < -0.3 is 25.2 Å². The summed E-state index contributed by atoms with van der Waals surface area (Å²) in [5.41, 5.74) is 10.7. The molecule has 3 N–H and O–H groups in total. The van der Waals surface area contributed by atoms with E-state index in [-0.39, 0.29) is 41.5 Å². The van der Waals surface area contributed by atoms with Gasteiger partial charge in [-0.05, 0) is 93.4 Å². The average molecular weight is 895 g/mol. The van der Waals surface area contributed by atoms with E-state index in [1.54, 1.807) is 38.2 Å². The SMILES string of the molecule is CN=C/C(=C\N)c1cc2c(cc1C(F)F)N(c1nn(C3CCN(C4CCN(CCOc5cccc6c5C(=O)N(C5CCC(=O)NC5=O)C6=O)CC4)CC3)c3c1CN(C(C)=O)CC3)CCC2. The van der Waals surface area contributed by atoms with Crippen molar-refractivity contribution in [3.63, 3.8) is 0 Å². The van der Waals surface area contributed by atoms with Crippen LogP contribution in [0.2, 0.25) is 0 Å². The number of ether oxygens (including phenoxy) is 1. The third-order valence-corrected chi connectivity index (χ3v) is 14.1. The molecule has 9 rings (SSSR count). The lowest BCUT2D eigenvalue weighted by Crippen LogP contribution is -2.54. The van der Waals surface area contributed by atoms with E-state index in [9.17, 15) is 32.8 Å². The van der Waals surface area contributed by atoms with Gasteiger partial charge in [0.1, 0.15) is 18.4 Å². The Morgan fingerprint density at radius 3 is 2.45 bits per heavy atom. The smallest absolute Gasteiger partial charge is 0.266 e. The Morgan fingerprint density at radius 1 is 0.969 bits per heavy atom. The molecule has 3 fully saturated rings. The maximum absolute atomic E-state index is 14.7. The highest BCUT2D eigenvalue weighted by Gasteiger charge is 2.46. The zero-order chi connectivity index (χ0) is 45.5. The predicted octanol–water partition coefficient (Wildman–Crippen LogP) is 4.39. The van der Waals surface area contributed by atoms with Crippen LogP contribution >= 0.6 is 0 Å². The molecule has 3 aromatic rings. The Morgan fingerprint density at radius 2 is 1.74 bits per heavy atom. The van der Waals surface area contributed by atoms with Crippen LogP contribution in [0.4, 0.5) is 20.3 Å². The number of amides is 5. The number of alkyl halides is 2. The number of nitrogens with two attached hydrogens (primary N) is 1. The van der Waals surface area contributed by atoms with Gasteiger partial charge in [0.15, 0.2) is 5.82 Å². The van der Waals surface area contributed by atoms with Gasteiger partial charge in [0.2, 0.25) is 17.7 Å². The second kappa shape index (κ2) is 18.5. The lowest BCUT2D eigenvalue weighted by molar-refractivity contribution is -0.136. The van der Waals surface area contributed by atoms with E-state index in [0.29, 0.717) is 67.8 Å². The van der Waals surface area contributed by atoms with Crippen molar-refractivity contribution in [1.82, 2.24) is 34.7 Å². The van der Waals surface area contributed by atoms with Gasteiger partial charge in [-0.15, -0.1) is 0 Å². The van der Waals surface area contributed by atoms with Crippen LogP contribution in [0.5, 0.6) is 5.75 Å². The molecule has 0 saturated carbocycles. The zero-order valence-corrected chi connectivity index (χ0v) is 36.9. The Hall–Kier alpha value is -6.01. The molecule has 5 amide bonds. The molecule has 65 heavy (non-hydrogen) atoms. The number of aliphatic imine (C=N–C) groups is 1. The Kier molecular flexibility index (Phi) is 12.6. The zero-order valence-electron chi connectivity index (χ0n) is 36.9. The van der Waals surface area contributed by atoms with Crippen LogP contribution in [0.25, 0.3) is 5.57 Å². The van der Waals surface area contributed by atoms with Crippen LogP contribution in [0.1, 0.15) is 113 Å². The van der Waals surface area contributed by atoms with Crippen molar-refractivity contribution in [3.8, 4) is 5.75 Å². The summed E-state index contributed by atoms with van der Waals surface area (Å²) >= 11 is 0. The summed E-state index contributed by atoms with van der Waals surface area (Å²) in [4.78, 5) is 77.5. The Balaban J connectivity index is 0.832. The topological polar surface area (TPSA) is 179 Å². The quantitative estimate of drug-likeness (QED) is 0.206. The summed E-state index contributed by atoms with van der Waals surface area (Å²) in [7, 11) is 1.59. The monoisotopic (exact) mass is 894 g/mol. The number of anilines is 2. The molecule has 3 saturated heterocycles. The molecule has 1 atom stereocenters. The normalized spacial score (nSPS) is 21.6. The summed E-state index contributed by atoms with van der Waals surface area (Å²) in [5.74, 6) is -1.16. The fourth-order valence-electron chi connectivity index (χ4n) is 10.7. The van der Waals surface area contributed by atoms with Gasteiger partial charge in [-0.3, -0.25) is 48.8 Å². The summed E-state index contributed by atoms with van der Waals surface area (Å²) in [5, 5.41) is 7.56. The number of fused-ring (bicyclic) bond motifs is 3. The summed E-state index contributed by atoms with van der Waals surface area (Å²) in [6, 6.07) is 7.89. The van der Waals surface area contributed by atoms with Crippen molar-refractivity contribution >= 4 is 52.8 Å². The predicted molar refractivity (Wildman–Crippen MR) is 238 cm³/mol. The first kappa shape index (κ1) is 44.2. The molecule has 0 radical (unpaired) electrons. The molecule has 2 aromatic carbocycles. The number of hydrogen-bond acceptors (Lipinski definition) is 12. The highest BCUT2D eigenvalue weighted by atomic mass is 19.3.